The maximum absolute atomic E-state index is 13.3. The Morgan fingerprint density at radius 3 is 2.42 bits per heavy atom. The standard InChI is InChI=1S/C29H30N2O5/c1-19-11-13-20(14-12-19)29(32)30-25-21-7-4-5-9-23(21)36-28(25)26(31-15-17-35-18-16-31)22-8-6-10-24(33-2)27(22)34-3/h4-14,26H,15-18H2,1-3H3,(H,30,32)/t26-/m1/s1. The molecule has 36 heavy (non-hydrogen) atoms. The van der Waals surface area contributed by atoms with Crippen LogP contribution in [0.5, 0.6) is 11.5 Å². The largest absolute Gasteiger partial charge is 0.493 e. The van der Waals surface area contributed by atoms with Crippen molar-refractivity contribution in [2.24, 2.45) is 0 Å². The molecule has 186 valence electrons. The molecule has 5 rings (SSSR count). The number of methoxy groups -OCH3 is 2. The van der Waals surface area contributed by atoms with Crippen LogP contribution in [0.25, 0.3) is 11.0 Å². The predicted octanol–water partition coefficient (Wildman–Crippen LogP) is 5.43. The highest BCUT2D eigenvalue weighted by atomic mass is 16.5. The first-order valence-electron chi connectivity index (χ1n) is 12.0. The van der Waals surface area contributed by atoms with Gasteiger partial charge in [0.25, 0.3) is 5.91 Å². The van der Waals surface area contributed by atoms with E-state index < -0.39 is 0 Å². The van der Waals surface area contributed by atoms with Crippen molar-refractivity contribution < 1.29 is 23.4 Å². The number of aryl methyl sites for hydroxylation is 1. The lowest BCUT2D eigenvalue weighted by Gasteiger charge is -2.34. The number of hydrogen-bond donors (Lipinski definition) is 1. The summed E-state index contributed by atoms with van der Waals surface area (Å²) in [5.74, 6) is 1.72. The quantitative estimate of drug-likeness (QED) is 0.375. The van der Waals surface area contributed by atoms with Crippen molar-refractivity contribution >= 4 is 22.6 Å². The number of carbonyl (C=O) groups excluding carboxylic acids is 1. The Hall–Kier alpha value is -3.81. The Morgan fingerprint density at radius 2 is 1.69 bits per heavy atom. The summed E-state index contributed by atoms with van der Waals surface area (Å²) in [6.07, 6.45) is 0. The lowest BCUT2D eigenvalue weighted by Crippen LogP contribution is -2.39. The summed E-state index contributed by atoms with van der Waals surface area (Å²) < 4.78 is 23.6. The molecule has 0 spiro atoms. The topological polar surface area (TPSA) is 73.2 Å². The van der Waals surface area contributed by atoms with Crippen LogP contribution in [-0.2, 0) is 4.74 Å². The summed E-state index contributed by atoms with van der Waals surface area (Å²) in [5, 5.41) is 4.00. The van der Waals surface area contributed by atoms with Crippen LogP contribution in [0.2, 0.25) is 0 Å². The average Bonchev–Trinajstić information content (AvgIpc) is 3.27. The minimum Gasteiger partial charge on any atom is -0.493 e. The summed E-state index contributed by atoms with van der Waals surface area (Å²) in [6, 6.07) is 20.8. The Morgan fingerprint density at radius 1 is 0.944 bits per heavy atom. The number of nitrogens with one attached hydrogen (secondary N) is 1. The summed E-state index contributed by atoms with van der Waals surface area (Å²) >= 11 is 0. The van der Waals surface area contributed by atoms with Gasteiger partial charge in [-0.05, 0) is 37.3 Å². The normalized spacial score (nSPS) is 15.0. The molecule has 2 heterocycles. The van der Waals surface area contributed by atoms with E-state index in [1.54, 1.807) is 14.2 Å². The van der Waals surface area contributed by atoms with E-state index in [0.717, 1.165) is 16.5 Å². The Balaban J connectivity index is 1.67. The summed E-state index contributed by atoms with van der Waals surface area (Å²) in [7, 11) is 3.26. The van der Waals surface area contributed by atoms with Gasteiger partial charge in [-0.15, -0.1) is 0 Å². The van der Waals surface area contributed by atoms with Crippen LogP contribution < -0.4 is 14.8 Å². The highest BCUT2D eigenvalue weighted by molar-refractivity contribution is 6.09. The molecule has 7 heteroatoms. The van der Waals surface area contributed by atoms with E-state index in [4.69, 9.17) is 18.6 Å². The van der Waals surface area contributed by atoms with Crippen LogP contribution in [0.15, 0.2) is 71.1 Å². The number of anilines is 1. The smallest absolute Gasteiger partial charge is 0.255 e. The molecule has 1 saturated heterocycles. The van der Waals surface area contributed by atoms with Gasteiger partial charge in [0.05, 0.1) is 39.2 Å². The van der Waals surface area contributed by atoms with Crippen molar-refractivity contribution in [2.75, 3.05) is 45.8 Å². The number of rotatable bonds is 7. The van der Waals surface area contributed by atoms with Crippen LogP contribution in [0, 0.1) is 6.92 Å². The van der Waals surface area contributed by atoms with E-state index in [1.807, 2.05) is 73.7 Å². The molecule has 1 N–H and O–H groups in total. The molecule has 0 unspecified atom stereocenters. The Labute approximate surface area is 210 Å². The molecule has 3 aromatic carbocycles. The Kier molecular flexibility index (Phi) is 6.93. The van der Waals surface area contributed by atoms with Gasteiger partial charge in [0.1, 0.15) is 5.58 Å². The lowest BCUT2D eigenvalue weighted by atomic mass is 9.98. The second-order valence-electron chi connectivity index (χ2n) is 8.79. The summed E-state index contributed by atoms with van der Waals surface area (Å²) in [4.78, 5) is 15.6. The molecule has 1 aliphatic heterocycles. The number of furan rings is 1. The van der Waals surface area contributed by atoms with Crippen LogP contribution >= 0.6 is 0 Å². The number of nitrogens with zero attached hydrogens (tertiary/aromatic N) is 1. The molecule has 1 fully saturated rings. The third-order valence-electron chi connectivity index (χ3n) is 6.56. The number of morpholine rings is 1. The first-order valence-corrected chi connectivity index (χ1v) is 12.0. The summed E-state index contributed by atoms with van der Waals surface area (Å²) in [5.41, 5.74) is 3.92. The van der Waals surface area contributed by atoms with Crippen molar-refractivity contribution in [3.8, 4) is 11.5 Å². The maximum atomic E-state index is 13.3. The molecule has 0 saturated carbocycles. The fourth-order valence-electron chi connectivity index (χ4n) is 4.74. The fraction of sp³-hybridized carbons (Fsp3) is 0.276. The molecule has 4 aromatic rings. The van der Waals surface area contributed by atoms with Gasteiger partial charge in [-0.3, -0.25) is 9.69 Å². The zero-order valence-electron chi connectivity index (χ0n) is 20.7. The van der Waals surface area contributed by atoms with Crippen molar-refractivity contribution in [2.45, 2.75) is 13.0 Å². The zero-order valence-corrected chi connectivity index (χ0v) is 20.7. The van der Waals surface area contributed by atoms with Crippen molar-refractivity contribution in [1.29, 1.82) is 0 Å². The maximum Gasteiger partial charge on any atom is 0.255 e. The molecular weight excluding hydrogens is 456 g/mol. The van der Waals surface area contributed by atoms with Crippen LogP contribution in [0.1, 0.15) is 33.3 Å². The summed E-state index contributed by atoms with van der Waals surface area (Å²) in [6.45, 7) is 4.61. The van der Waals surface area contributed by atoms with Gasteiger partial charge in [0, 0.05) is 29.6 Å². The second kappa shape index (κ2) is 10.4. The van der Waals surface area contributed by atoms with Gasteiger partial charge in [-0.2, -0.15) is 0 Å². The van der Waals surface area contributed by atoms with E-state index in [0.29, 0.717) is 60.4 Å². The number of amides is 1. The van der Waals surface area contributed by atoms with Gasteiger partial charge in [-0.25, -0.2) is 0 Å². The first-order chi connectivity index (χ1) is 17.6. The number of para-hydroxylation sites is 2. The van der Waals surface area contributed by atoms with Gasteiger partial charge < -0.3 is 23.9 Å². The minimum absolute atomic E-state index is 0.193. The molecule has 1 amide bonds. The molecule has 1 aliphatic rings. The third kappa shape index (κ3) is 4.55. The SMILES string of the molecule is COc1cccc([C@H](c2oc3ccccc3c2NC(=O)c2ccc(C)cc2)N2CCOCC2)c1OC. The molecule has 1 aromatic heterocycles. The lowest BCUT2D eigenvalue weighted by molar-refractivity contribution is 0.0201. The van der Waals surface area contributed by atoms with Crippen molar-refractivity contribution in [3.63, 3.8) is 0 Å². The van der Waals surface area contributed by atoms with Crippen molar-refractivity contribution in [3.05, 3.63) is 89.2 Å². The first kappa shape index (κ1) is 23.9. The highest BCUT2D eigenvalue weighted by Crippen LogP contribution is 2.45. The minimum atomic E-state index is -0.334. The van der Waals surface area contributed by atoms with E-state index in [1.165, 1.54) is 0 Å². The second-order valence-corrected chi connectivity index (χ2v) is 8.79. The fourth-order valence-corrected chi connectivity index (χ4v) is 4.74. The van der Waals surface area contributed by atoms with Crippen molar-refractivity contribution in [1.82, 2.24) is 4.90 Å². The Bertz CT molecular complexity index is 1360. The number of ether oxygens (including phenoxy) is 3. The number of carbonyl (C=O) groups is 1. The van der Waals surface area contributed by atoms with Gasteiger partial charge >= 0.3 is 0 Å². The number of fused-ring (bicyclic) bond motifs is 1. The van der Waals surface area contributed by atoms with E-state index in [-0.39, 0.29) is 11.9 Å². The molecule has 1 atom stereocenters. The van der Waals surface area contributed by atoms with Gasteiger partial charge in [0.15, 0.2) is 17.3 Å². The average molecular weight is 487 g/mol. The molecule has 7 nitrogen and oxygen atoms in total. The number of hydrogen-bond acceptors (Lipinski definition) is 6. The zero-order chi connectivity index (χ0) is 25.1. The molecule has 0 radical (unpaired) electrons. The van der Waals surface area contributed by atoms with E-state index in [2.05, 4.69) is 10.2 Å². The van der Waals surface area contributed by atoms with Crippen LogP contribution in [0.3, 0.4) is 0 Å². The van der Waals surface area contributed by atoms with Gasteiger partial charge in [0.2, 0.25) is 0 Å². The predicted molar refractivity (Wildman–Crippen MR) is 139 cm³/mol. The number of benzene rings is 3. The van der Waals surface area contributed by atoms with Crippen LogP contribution in [-0.4, -0.2) is 51.3 Å². The van der Waals surface area contributed by atoms with Crippen LogP contribution in [0.4, 0.5) is 5.69 Å². The van der Waals surface area contributed by atoms with E-state index >= 15 is 0 Å². The van der Waals surface area contributed by atoms with Gasteiger partial charge in [-0.1, -0.05) is 42.0 Å². The third-order valence-corrected chi connectivity index (χ3v) is 6.56. The molecular formula is C29H30N2O5. The molecule has 0 aliphatic carbocycles. The van der Waals surface area contributed by atoms with E-state index in [9.17, 15) is 4.79 Å². The highest BCUT2D eigenvalue weighted by Gasteiger charge is 2.34. The molecule has 0 bridgehead atoms. The monoisotopic (exact) mass is 486 g/mol.